The van der Waals surface area contributed by atoms with Crippen LogP contribution >= 0.6 is 0 Å². The first-order valence-electron chi connectivity index (χ1n) is 8.72. The Kier molecular flexibility index (Phi) is 5.52. The molecule has 7 heteroatoms. The normalized spacial score (nSPS) is 12.0. The zero-order chi connectivity index (χ0) is 19.4. The number of hydrogen-bond donors (Lipinski definition) is 3. The van der Waals surface area contributed by atoms with E-state index in [4.69, 9.17) is 0 Å². The molecule has 0 aliphatic heterocycles. The lowest BCUT2D eigenvalue weighted by Crippen LogP contribution is -2.22. The molecule has 27 heavy (non-hydrogen) atoms. The van der Waals surface area contributed by atoms with Gasteiger partial charge in [-0.3, -0.25) is 9.59 Å². The molecule has 0 aliphatic rings. The van der Waals surface area contributed by atoms with Crippen LogP contribution in [0.15, 0.2) is 48.5 Å². The molecule has 3 aromatic rings. The fourth-order valence-corrected chi connectivity index (χ4v) is 2.77. The summed E-state index contributed by atoms with van der Waals surface area (Å²) in [6, 6.07) is 14.3. The second kappa shape index (κ2) is 8.01. The van der Waals surface area contributed by atoms with Crippen molar-refractivity contribution in [1.82, 2.24) is 9.55 Å². The van der Waals surface area contributed by atoms with Crippen molar-refractivity contribution in [1.29, 1.82) is 0 Å². The smallest absolute Gasteiger partial charge is 0.244 e. The van der Waals surface area contributed by atoms with E-state index >= 15 is 0 Å². The SMILES string of the molecule is CC(=O)c1cccc(NC(=O)Cn2c(NC[C@@H](C)O)nc3ccccc32)c1. The van der Waals surface area contributed by atoms with Crippen molar-refractivity contribution in [2.24, 2.45) is 0 Å². The van der Waals surface area contributed by atoms with Gasteiger partial charge in [0.15, 0.2) is 5.78 Å². The topological polar surface area (TPSA) is 96.2 Å². The lowest BCUT2D eigenvalue weighted by Gasteiger charge is -2.12. The molecule has 3 N–H and O–H groups in total. The zero-order valence-corrected chi connectivity index (χ0v) is 15.3. The number of hydrogen-bond acceptors (Lipinski definition) is 5. The van der Waals surface area contributed by atoms with Gasteiger partial charge in [-0.05, 0) is 38.1 Å². The molecule has 1 atom stereocenters. The molecule has 0 saturated heterocycles. The molecule has 0 unspecified atom stereocenters. The molecule has 1 heterocycles. The third-order valence-electron chi connectivity index (χ3n) is 4.06. The highest BCUT2D eigenvalue weighted by Crippen LogP contribution is 2.20. The number of benzene rings is 2. The number of imidazole rings is 1. The molecule has 0 fully saturated rings. The molecule has 7 nitrogen and oxygen atoms in total. The van der Waals surface area contributed by atoms with Crippen LogP contribution in [-0.2, 0) is 11.3 Å². The van der Waals surface area contributed by atoms with Gasteiger partial charge in [0.2, 0.25) is 11.9 Å². The Morgan fingerprint density at radius 2 is 1.96 bits per heavy atom. The summed E-state index contributed by atoms with van der Waals surface area (Å²) in [4.78, 5) is 28.6. The Morgan fingerprint density at radius 3 is 2.70 bits per heavy atom. The van der Waals surface area contributed by atoms with E-state index in [1.807, 2.05) is 24.3 Å². The van der Waals surface area contributed by atoms with Crippen molar-refractivity contribution in [3.05, 3.63) is 54.1 Å². The molecule has 0 bridgehead atoms. The van der Waals surface area contributed by atoms with Crippen molar-refractivity contribution in [3.63, 3.8) is 0 Å². The summed E-state index contributed by atoms with van der Waals surface area (Å²) in [5.41, 5.74) is 2.69. The predicted molar refractivity (Wildman–Crippen MR) is 105 cm³/mol. The van der Waals surface area contributed by atoms with E-state index in [-0.39, 0.29) is 18.2 Å². The zero-order valence-electron chi connectivity index (χ0n) is 15.3. The largest absolute Gasteiger partial charge is 0.392 e. The Labute approximate surface area is 157 Å². The van der Waals surface area contributed by atoms with Crippen LogP contribution in [0.2, 0.25) is 0 Å². The van der Waals surface area contributed by atoms with Crippen LogP contribution in [-0.4, -0.2) is 39.0 Å². The Balaban J connectivity index is 1.82. The monoisotopic (exact) mass is 366 g/mol. The number of ketones is 1. The average Bonchev–Trinajstić information content (AvgIpc) is 2.97. The number of aliphatic hydroxyl groups excluding tert-OH is 1. The minimum absolute atomic E-state index is 0.0486. The maximum atomic E-state index is 12.6. The van der Waals surface area contributed by atoms with Crippen molar-refractivity contribution < 1.29 is 14.7 Å². The van der Waals surface area contributed by atoms with Crippen molar-refractivity contribution >= 4 is 34.4 Å². The van der Waals surface area contributed by atoms with Crippen molar-refractivity contribution in [3.8, 4) is 0 Å². The number of fused-ring (bicyclic) bond motifs is 1. The van der Waals surface area contributed by atoms with Crippen LogP contribution < -0.4 is 10.6 Å². The minimum Gasteiger partial charge on any atom is -0.392 e. The number of Topliss-reactive ketones (excluding diaryl/α,β-unsaturated/α-hetero) is 1. The van der Waals surface area contributed by atoms with Gasteiger partial charge in [0.25, 0.3) is 0 Å². The molecule has 3 rings (SSSR count). The summed E-state index contributed by atoms with van der Waals surface area (Å²) < 4.78 is 1.77. The maximum absolute atomic E-state index is 12.6. The summed E-state index contributed by atoms with van der Waals surface area (Å²) in [7, 11) is 0. The van der Waals surface area contributed by atoms with E-state index < -0.39 is 6.10 Å². The average molecular weight is 366 g/mol. The van der Waals surface area contributed by atoms with Crippen LogP contribution in [0.1, 0.15) is 24.2 Å². The molecule has 0 aliphatic carbocycles. The van der Waals surface area contributed by atoms with E-state index in [0.717, 1.165) is 11.0 Å². The Morgan fingerprint density at radius 1 is 1.19 bits per heavy atom. The summed E-state index contributed by atoms with van der Waals surface area (Å²) in [5, 5.41) is 15.4. The molecule has 0 saturated carbocycles. The van der Waals surface area contributed by atoms with Gasteiger partial charge in [0.05, 0.1) is 17.1 Å². The highest BCUT2D eigenvalue weighted by Gasteiger charge is 2.14. The van der Waals surface area contributed by atoms with Gasteiger partial charge in [-0.1, -0.05) is 24.3 Å². The first-order chi connectivity index (χ1) is 12.9. The van der Waals surface area contributed by atoms with Crippen LogP contribution in [0.25, 0.3) is 11.0 Å². The molecule has 0 spiro atoms. The second-order valence-electron chi connectivity index (χ2n) is 6.43. The van der Waals surface area contributed by atoms with Gasteiger partial charge >= 0.3 is 0 Å². The lowest BCUT2D eigenvalue weighted by molar-refractivity contribution is -0.116. The van der Waals surface area contributed by atoms with E-state index in [1.54, 1.807) is 35.8 Å². The predicted octanol–water partition coefficient (Wildman–Crippen LogP) is 2.67. The van der Waals surface area contributed by atoms with Gasteiger partial charge in [-0.2, -0.15) is 0 Å². The van der Waals surface area contributed by atoms with Gasteiger partial charge in [-0.25, -0.2) is 4.98 Å². The summed E-state index contributed by atoms with van der Waals surface area (Å²) in [5.74, 6) is 0.222. The lowest BCUT2D eigenvalue weighted by atomic mass is 10.1. The molecule has 1 aromatic heterocycles. The third kappa shape index (κ3) is 4.51. The van der Waals surface area contributed by atoms with E-state index in [0.29, 0.717) is 23.7 Å². The number of carbonyl (C=O) groups excluding carboxylic acids is 2. The van der Waals surface area contributed by atoms with Gasteiger partial charge < -0.3 is 20.3 Å². The fraction of sp³-hybridized carbons (Fsp3) is 0.250. The molecule has 1 amide bonds. The van der Waals surface area contributed by atoms with Gasteiger partial charge in [0, 0.05) is 17.8 Å². The van der Waals surface area contributed by atoms with Crippen molar-refractivity contribution in [2.75, 3.05) is 17.2 Å². The minimum atomic E-state index is -0.540. The molecular weight excluding hydrogens is 344 g/mol. The van der Waals surface area contributed by atoms with Crippen LogP contribution in [0.4, 0.5) is 11.6 Å². The highest BCUT2D eigenvalue weighted by molar-refractivity contribution is 5.97. The van der Waals surface area contributed by atoms with Crippen LogP contribution in [0.5, 0.6) is 0 Å². The number of anilines is 2. The number of para-hydroxylation sites is 2. The number of carbonyl (C=O) groups is 2. The number of aliphatic hydroxyl groups is 1. The first kappa shape index (κ1) is 18.6. The maximum Gasteiger partial charge on any atom is 0.244 e. The number of amides is 1. The summed E-state index contributed by atoms with van der Waals surface area (Å²) >= 11 is 0. The quantitative estimate of drug-likeness (QED) is 0.559. The number of nitrogens with one attached hydrogen (secondary N) is 2. The van der Waals surface area contributed by atoms with Crippen molar-refractivity contribution in [2.45, 2.75) is 26.5 Å². The molecular formula is C20H22N4O3. The first-order valence-corrected chi connectivity index (χ1v) is 8.72. The third-order valence-corrected chi connectivity index (χ3v) is 4.06. The highest BCUT2D eigenvalue weighted by atomic mass is 16.3. The van der Waals surface area contributed by atoms with Crippen LogP contribution in [0, 0.1) is 0 Å². The molecule has 0 radical (unpaired) electrons. The number of nitrogens with zero attached hydrogens (tertiary/aromatic N) is 2. The van der Waals surface area contributed by atoms with Gasteiger partial charge in [-0.15, -0.1) is 0 Å². The van der Waals surface area contributed by atoms with E-state index in [9.17, 15) is 14.7 Å². The van der Waals surface area contributed by atoms with E-state index in [2.05, 4.69) is 15.6 Å². The summed E-state index contributed by atoms with van der Waals surface area (Å²) in [6.45, 7) is 3.53. The Bertz CT molecular complexity index is 978. The molecule has 140 valence electrons. The number of aromatic nitrogens is 2. The van der Waals surface area contributed by atoms with Gasteiger partial charge in [0.1, 0.15) is 6.54 Å². The molecule has 2 aromatic carbocycles. The standard InChI is InChI=1S/C20H22N4O3/c1-13(25)11-21-20-23-17-8-3-4-9-18(17)24(20)12-19(27)22-16-7-5-6-15(10-16)14(2)26/h3-10,13,25H,11-12H2,1-2H3,(H,21,23)(H,22,27)/t13-/m1/s1. The summed E-state index contributed by atoms with van der Waals surface area (Å²) in [6.07, 6.45) is -0.540. The fourth-order valence-electron chi connectivity index (χ4n) is 2.77. The van der Waals surface area contributed by atoms with Crippen LogP contribution in [0.3, 0.4) is 0 Å². The van der Waals surface area contributed by atoms with E-state index in [1.165, 1.54) is 6.92 Å². The Hall–Kier alpha value is -3.19. The second-order valence-corrected chi connectivity index (χ2v) is 6.43. The number of rotatable bonds is 7.